The highest BCUT2D eigenvalue weighted by atomic mass is 32.1. The molecule has 3 aromatic rings. The van der Waals surface area contributed by atoms with Gasteiger partial charge in [-0.2, -0.15) is 0 Å². The molecular formula is C26H34N4OS. The summed E-state index contributed by atoms with van der Waals surface area (Å²) in [6.45, 7) is 7.89. The number of amides is 1. The molecule has 0 aromatic carbocycles. The van der Waals surface area contributed by atoms with Crippen molar-refractivity contribution in [2.45, 2.75) is 72.3 Å². The van der Waals surface area contributed by atoms with Crippen molar-refractivity contribution in [2.24, 2.45) is 5.92 Å². The fourth-order valence-electron chi connectivity index (χ4n) is 4.54. The second kappa shape index (κ2) is 10.4. The van der Waals surface area contributed by atoms with Crippen molar-refractivity contribution in [1.82, 2.24) is 19.9 Å². The number of aromatic nitrogens is 3. The van der Waals surface area contributed by atoms with Crippen LogP contribution in [0.2, 0.25) is 0 Å². The predicted molar refractivity (Wildman–Crippen MR) is 132 cm³/mol. The SMILES string of the molecule is CCCCNC(=O)c1cc(-c2csc(-c3ccc(C)nc3)n2)n(CC2CCCCC2)c1C. The third-order valence-electron chi connectivity index (χ3n) is 6.52. The number of hydrogen-bond acceptors (Lipinski definition) is 4. The van der Waals surface area contributed by atoms with Crippen molar-refractivity contribution in [3.8, 4) is 22.0 Å². The molecule has 6 heteroatoms. The second-order valence-electron chi connectivity index (χ2n) is 8.98. The molecule has 0 aliphatic heterocycles. The molecule has 1 amide bonds. The average Bonchev–Trinajstić information content (AvgIpc) is 3.41. The summed E-state index contributed by atoms with van der Waals surface area (Å²) in [5, 5.41) is 6.17. The Bertz CT molecular complexity index is 1040. The van der Waals surface area contributed by atoms with E-state index in [1.54, 1.807) is 11.3 Å². The molecule has 5 nitrogen and oxygen atoms in total. The molecule has 0 bridgehead atoms. The zero-order chi connectivity index (χ0) is 22.5. The lowest BCUT2D eigenvalue weighted by Gasteiger charge is -2.24. The van der Waals surface area contributed by atoms with Crippen LogP contribution in [0.5, 0.6) is 0 Å². The van der Waals surface area contributed by atoms with E-state index in [0.717, 1.165) is 64.8 Å². The van der Waals surface area contributed by atoms with Gasteiger partial charge in [0.2, 0.25) is 0 Å². The third kappa shape index (κ3) is 5.12. The summed E-state index contributed by atoms with van der Waals surface area (Å²) in [7, 11) is 0. The lowest BCUT2D eigenvalue weighted by Crippen LogP contribution is -2.25. The minimum absolute atomic E-state index is 0.0257. The molecule has 3 heterocycles. The lowest BCUT2D eigenvalue weighted by atomic mass is 9.89. The van der Waals surface area contributed by atoms with Crippen LogP contribution in [0.25, 0.3) is 22.0 Å². The summed E-state index contributed by atoms with van der Waals surface area (Å²) in [5.74, 6) is 0.696. The number of hydrogen-bond donors (Lipinski definition) is 1. The quantitative estimate of drug-likeness (QED) is 0.404. The molecule has 1 aliphatic carbocycles. The summed E-state index contributed by atoms with van der Waals surface area (Å²) in [6.07, 6.45) is 10.5. The van der Waals surface area contributed by atoms with Gasteiger partial charge in [0.25, 0.3) is 5.91 Å². The molecule has 1 aliphatic rings. The Morgan fingerprint density at radius 2 is 2.03 bits per heavy atom. The van der Waals surface area contributed by atoms with Crippen molar-refractivity contribution in [3.05, 3.63) is 46.7 Å². The van der Waals surface area contributed by atoms with Crippen LogP contribution >= 0.6 is 11.3 Å². The van der Waals surface area contributed by atoms with Gasteiger partial charge in [-0.1, -0.05) is 32.6 Å². The van der Waals surface area contributed by atoms with Crippen LogP contribution < -0.4 is 5.32 Å². The Morgan fingerprint density at radius 1 is 1.22 bits per heavy atom. The van der Waals surface area contributed by atoms with Crippen molar-refractivity contribution >= 4 is 17.2 Å². The molecule has 0 saturated heterocycles. The highest BCUT2D eigenvalue weighted by Gasteiger charge is 2.23. The molecule has 0 atom stereocenters. The molecule has 0 unspecified atom stereocenters. The van der Waals surface area contributed by atoms with Gasteiger partial charge in [0.05, 0.1) is 17.0 Å². The van der Waals surface area contributed by atoms with E-state index in [1.165, 1.54) is 32.1 Å². The number of pyridine rings is 1. The van der Waals surface area contributed by atoms with Gasteiger partial charge >= 0.3 is 0 Å². The number of nitrogens with one attached hydrogen (secondary N) is 1. The zero-order valence-corrected chi connectivity index (χ0v) is 20.3. The fraction of sp³-hybridized carbons (Fsp3) is 0.500. The molecule has 0 radical (unpaired) electrons. The van der Waals surface area contributed by atoms with Crippen molar-refractivity contribution in [2.75, 3.05) is 6.54 Å². The van der Waals surface area contributed by atoms with E-state index in [-0.39, 0.29) is 5.91 Å². The summed E-state index contributed by atoms with van der Waals surface area (Å²) in [6, 6.07) is 6.14. The second-order valence-corrected chi connectivity index (χ2v) is 9.84. The van der Waals surface area contributed by atoms with Crippen LogP contribution in [0.15, 0.2) is 29.8 Å². The van der Waals surface area contributed by atoms with E-state index in [1.807, 2.05) is 25.3 Å². The van der Waals surface area contributed by atoms with Gasteiger partial charge in [-0.15, -0.1) is 11.3 Å². The van der Waals surface area contributed by atoms with Crippen LogP contribution in [-0.2, 0) is 6.54 Å². The Balaban J connectivity index is 1.66. The van der Waals surface area contributed by atoms with Crippen LogP contribution in [-0.4, -0.2) is 27.0 Å². The molecule has 1 fully saturated rings. The summed E-state index contributed by atoms with van der Waals surface area (Å²) in [4.78, 5) is 22.3. The van der Waals surface area contributed by atoms with E-state index in [2.05, 4.69) is 40.2 Å². The Labute approximate surface area is 195 Å². The van der Waals surface area contributed by atoms with E-state index in [4.69, 9.17) is 4.98 Å². The number of rotatable bonds is 8. The Kier molecular flexibility index (Phi) is 7.40. The number of unbranched alkanes of at least 4 members (excludes halogenated alkanes) is 1. The minimum atomic E-state index is 0.0257. The molecule has 170 valence electrons. The first-order chi connectivity index (χ1) is 15.6. The number of carbonyl (C=O) groups excluding carboxylic acids is 1. The number of nitrogens with zero attached hydrogens (tertiary/aromatic N) is 3. The largest absolute Gasteiger partial charge is 0.352 e. The predicted octanol–water partition coefficient (Wildman–Crippen LogP) is 6.40. The Hall–Kier alpha value is -2.47. The van der Waals surface area contributed by atoms with E-state index in [9.17, 15) is 4.79 Å². The summed E-state index contributed by atoms with van der Waals surface area (Å²) < 4.78 is 2.34. The lowest BCUT2D eigenvalue weighted by molar-refractivity contribution is 0.0952. The number of thiazole rings is 1. The topological polar surface area (TPSA) is 59.8 Å². The molecular weight excluding hydrogens is 416 g/mol. The van der Waals surface area contributed by atoms with Crippen molar-refractivity contribution < 1.29 is 4.79 Å². The van der Waals surface area contributed by atoms with Crippen LogP contribution in [0, 0.1) is 19.8 Å². The van der Waals surface area contributed by atoms with Gasteiger partial charge in [-0.25, -0.2) is 4.98 Å². The van der Waals surface area contributed by atoms with E-state index < -0.39 is 0 Å². The van der Waals surface area contributed by atoms with Gasteiger partial charge in [0.15, 0.2) is 0 Å². The van der Waals surface area contributed by atoms with Crippen LogP contribution in [0.4, 0.5) is 0 Å². The smallest absolute Gasteiger partial charge is 0.253 e. The maximum Gasteiger partial charge on any atom is 0.253 e. The molecule has 32 heavy (non-hydrogen) atoms. The Morgan fingerprint density at radius 3 is 2.75 bits per heavy atom. The van der Waals surface area contributed by atoms with Gasteiger partial charge in [-0.05, 0) is 57.2 Å². The molecule has 0 spiro atoms. The molecule has 3 aromatic heterocycles. The minimum Gasteiger partial charge on any atom is -0.352 e. The maximum atomic E-state index is 12.9. The zero-order valence-electron chi connectivity index (χ0n) is 19.5. The van der Waals surface area contributed by atoms with Crippen molar-refractivity contribution in [3.63, 3.8) is 0 Å². The monoisotopic (exact) mass is 450 g/mol. The van der Waals surface area contributed by atoms with Crippen LogP contribution in [0.1, 0.15) is 73.6 Å². The number of aryl methyl sites for hydroxylation is 1. The first-order valence-corrected chi connectivity index (χ1v) is 12.8. The van der Waals surface area contributed by atoms with Crippen molar-refractivity contribution in [1.29, 1.82) is 0 Å². The fourth-order valence-corrected chi connectivity index (χ4v) is 5.35. The van der Waals surface area contributed by atoms with Gasteiger partial charge < -0.3 is 9.88 Å². The normalized spacial score (nSPS) is 14.6. The first-order valence-electron chi connectivity index (χ1n) is 11.9. The van der Waals surface area contributed by atoms with Crippen LogP contribution in [0.3, 0.4) is 0 Å². The first kappa shape index (κ1) is 22.7. The average molecular weight is 451 g/mol. The highest BCUT2D eigenvalue weighted by molar-refractivity contribution is 7.13. The standard InChI is InChI=1S/C26H34N4OS/c1-4-5-13-27-25(31)22-14-24(30(19(22)3)16-20-9-7-6-8-10-20)23-17-32-26(29-23)21-12-11-18(2)28-15-21/h11-12,14-15,17,20H,4-10,13,16H2,1-3H3,(H,27,31). The number of carbonyl (C=O) groups is 1. The maximum absolute atomic E-state index is 12.9. The molecule has 1 N–H and O–H groups in total. The van der Waals surface area contributed by atoms with E-state index >= 15 is 0 Å². The van der Waals surface area contributed by atoms with E-state index in [0.29, 0.717) is 5.92 Å². The third-order valence-corrected chi connectivity index (χ3v) is 7.41. The summed E-state index contributed by atoms with van der Waals surface area (Å²) >= 11 is 1.63. The molecule has 4 rings (SSSR count). The van der Waals surface area contributed by atoms with Gasteiger partial charge in [0.1, 0.15) is 5.01 Å². The van der Waals surface area contributed by atoms with Gasteiger partial charge in [0, 0.05) is 41.6 Å². The highest BCUT2D eigenvalue weighted by Crippen LogP contribution is 2.34. The molecule has 1 saturated carbocycles. The summed E-state index contributed by atoms with van der Waals surface area (Å²) in [5.41, 5.74) is 5.85. The van der Waals surface area contributed by atoms with Gasteiger partial charge in [-0.3, -0.25) is 9.78 Å².